The van der Waals surface area contributed by atoms with Crippen molar-refractivity contribution in [1.29, 1.82) is 0 Å². The highest BCUT2D eigenvalue weighted by atomic mass is 35.5. The van der Waals surface area contributed by atoms with Gasteiger partial charge in [0.2, 0.25) is 5.88 Å². The molecule has 0 spiro atoms. The molecular formula is C11H9ClF2N2O2S. The number of nitrogens with zero attached hydrogens (tertiary/aromatic N) is 2. The highest BCUT2D eigenvalue weighted by Gasteiger charge is 2.13. The molecule has 0 amide bonds. The maximum Gasteiger partial charge on any atom is 0.288 e. The third-order valence-electron chi connectivity index (χ3n) is 2.21. The molecule has 0 radical (unpaired) electrons. The summed E-state index contributed by atoms with van der Waals surface area (Å²) in [5, 5.41) is 12.9. The van der Waals surface area contributed by atoms with Crippen molar-refractivity contribution in [3.8, 4) is 5.88 Å². The van der Waals surface area contributed by atoms with E-state index in [4.69, 9.17) is 21.5 Å². The third-order valence-corrected chi connectivity index (χ3v) is 3.38. The van der Waals surface area contributed by atoms with E-state index in [2.05, 4.69) is 5.10 Å². The van der Waals surface area contributed by atoms with Crippen LogP contribution < -0.4 is 4.74 Å². The van der Waals surface area contributed by atoms with E-state index in [1.165, 1.54) is 12.3 Å². The second-order valence-electron chi connectivity index (χ2n) is 3.46. The molecule has 8 heteroatoms. The average Bonchev–Trinajstić information content (AvgIpc) is 2.73. The lowest BCUT2D eigenvalue weighted by Gasteiger charge is -2.10. The first kappa shape index (κ1) is 14.0. The minimum Gasteiger partial charge on any atom is -0.472 e. The molecule has 2 rings (SSSR count). The molecule has 1 heterocycles. The zero-order chi connectivity index (χ0) is 13.8. The molecule has 1 aromatic heterocycles. The Balaban J connectivity index is 2.14. The van der Waals surface area contributed by atoms with Crippen molar-refractivity contribution >= 4 is 23.4 Å². The van der Waals surface area contributed by atoms with Crippen LogP contribution in [-0.2, 0) is 6.61 Å². The number of thioether (sulfide) groups is 1. The van der Waals surface area contributed by atoms with Crippen LogP contribution in [0.1, 0.15) is 5.56 Å². The number of alkyl halides is 2. The largest absolute Gasteiger partial charge is 0.472 e. The van der Waals surface area contributed by atoms with Gasteiger partial charge in [0.15, 0.2) is 0 Å². The van der Waals surface area contributed by atoms with Crippen LogP contribution in [0.25, 0.3) is 0 Å². The minimum atomic E-state index is -2.53. The van der Waals surface area contributed by atoms with E-state index in [0.717, 1.165) is 0 Å². The summed E-state index contributed by atoms with van der Waals surface area (Å²) in [6, 6.07) is 6.18. The van der Waals surface area contributed by atoms with Crippen LogP contribution in [0.5, 0.6) is 5.88 Å². The first-order chi connectivity index (χ1) is 9.06. The van der Waals surface area contributed by atoms with E-state index >= 15 is 0 Å². The van der Waals surface area contributed by atoms with Crippen molar-refractivity contribution in [3.63, 3.8) is 0 Å². The molecule has 0 saturated heterocycles. The van der Waals surface area contributed by atoms with Crippen molar-refractivity contribution in [2.24, 2.45) is 0 Å². The molecule has 102 valence electrons. The second-order valence-corrected chi connectivity index (χ2v) is 4.90. The van der Waals surface area contributed by atoms with Gasteiger partial charge in [0.05, 0.1) is 6.20 Å². The topological polar surface area (TPSA) is 47.3 Å². The Kier molecular flexibility index (Phi) is 4.49. The monoisotopic (exact) mass is 306 g/mol. The van der Waals surface area contributed by atoms with Crippen LogP contribution >= 0.6 is 23.4 Å². The summed E-state index contributed by atoms with van der Waals surface area (Å²) in [6.07, 6.45) is 1.29. The summed E-state index contributed by atoms with van der Waals surface area (Å²) in [4.78, 5) is 0.947. The van der Waals surface area contributed by atoms with Crippen LogP contribution in [0.2, 0.25) is 5.02 Å². The summed E-state index contributed by atoms with van der Waals surface area (Å²) < 4.78 is 30.1. The second kappa shape index (κ2) is 6.12. The van der Waals surface area contributed by atoms with Gasteiger partial charge in [0.25, 0.3) is 5.76 Å². The fourth-order valence-electron chi connectivity index (χ4n) is 1.41. The van der Waals surface area contributed by atoms with Crippen molar-refractivity contribution in [2.45, 2.75) is 17.3 Å². The first-order valence-electron chi connectivity index (χ1n) is 5.16. The Morgan fingerprint density at radius 3 is 2.84 bits per heavy atom. The molecule has 0 aliphatic carbocycles. The molecule has 0 saturated carbocycles. The molecular weight excluding hydrogens is 298 g/mol. The van der Waals surface area contributed by atoms with Crippen LogP contribution in [0.3, 0.4) is 0 Å². The minimum absolute atomic E-state index is 0.00819. The number of halogens is 3. The van der Waals surface area contributed by atoms with Gasteiger partial charge in [-0.15, -0.1) is 4.85 Å². The molecule has 0 fully saturated rings. The van der Waals surface area contributed by atoms with Crippen LogP contribution in [0.15, 0.2) is 35.4 Å². The van der Waals surface area contributed by atoms with Gasteiger partial charge in [0, 0.05) is 21.5 Å². The number of hydrogen-bond acceptors (Lipinski definition) is 4. The zero-order valence-electron chi connectivity index (χ0n) is 9.46. The van der Waals surface area contributed by atoms with Gasteiger partial charge < -0.3 is 9.94 Å². The van der Waals surface area contributed by atoms with E-state index in [1.54, 1.807) is 18.2 Å². The van der Waals surface area contributed by atoms with Crippen LogP contribution in [0, 0.1) is 0 Å². The number of benzene rings is 1. The predicted molar refractivity (Wildman–Crippen MR) is 67.1 cm³/mol. The Hall–Kier alpha value is -1.47. The summed E-state index contributed by atoms with van der Waals surface area (Å²) >= 11 is 6.38. The van der Waals surface area contributed by atoms with E-state index in [-0.39, 0.29) is 12.5 Å². The van der Waals surface area contributed by atoms with Gasteiger partial charge in [-0.2, -0.15) is 8.78 Å². The molecule has 1 aromatic carbocycles. The fourth-order valence-corrected chi connectivity index (χ4v) is 2.35. The van der Waals surface area contributed by atoms with Gasteiger partial charge in [-0.3, -0.25) is 0 Å². The molecule has 0 bridgehead atoms. The number of ether oxygens (including phenoxy) is 1. The summed E-state index contributed by atoms with van der Waals surface area (Å²) in [6.45, 7) is -0.00819. The van der Waals surface area contributed by atoms with Crippen molar-refractivity contribution < 1.29 is 18.7 Å². The molecule has 0 atom stereocenters. The molecule has 0 aliphatic rings. The Morgan fingerprint density at radius 1 is 1.42 bits per heavy atom. The maximum absolute atomic E-state index is 12.4. The van der Waals surface area contributed by atoms with Gasteiger partial charge in [-0.25, -0.2) is 0 Å². The first-order valence-corrected chi connectivity index (χ1v) is 6.42. The molecule has 0 unspecified atom stereocenters. The Bertz CT molecular complexity index is 565. The maximum atomic E-state index is 12.4. The molecule has 2 aromatic rings. The third kappa shape index (κ3) is 3.74. The van der Waals surface area contributed by atoms with E-state index in [9.17, 15) is 8.78 Å². The number of rotatable bonds is 5. The van der Waals surface area contributed by atoms with E-state index in [0.29, 0.717) is 32.1 Å². The number of hydrogen-bond donors (Lipinski definition) is 1. The van der Waals surface area contributed by atoms with Gasteiger partial charge in [0.1, 0.15) is 6.61 Å². The normalized spacial score (nSPS) is 10.9. The molecule has 1 N–H and O–H groups in total. The smallest absolute Gasteiger partial charge is 0.288 e. The highest BCUT2D eigenvalue weighted by molar-refractivity contribution is 7.99. The summed E-state index contributed by atoms with van der Waals surface area (Å²) in [7, 11) is 0. The van der Waals surface area contributed by atoms with Gasteiger partial charge in [-0.1, -0.05) is 34.5 Å². The van der Waals surface area contributed by atoms with Crippen molar-refractivity contribution in [2.75, 3.05) is 0 Å². The quantitative estimate of drug-likeness (QED) is 0.676. The van der Waals surface area contributed by atoms with Crippen molar-refractivity contribution in [3.05, 3.63) is 41.0 Å². The van der Waals surface area contributed by atoms with Crippen molar-refractivity contribution in [1.82, 2.24) is 9.94 Å². The summed E-state index contributed by atoms with van der Waals surface area (Å²) in [5.74, 6) is -2.36. The SMILES string of the molecule is On1ccc(OCc2c(Cl)cccc2SC(F)F)n1. The Labute approximate surface area is 116 Å². The average molecular weight is 307 g/mol. The fraction of sp³-hybridized carbons (Fsp3) is 0.182. The summed E-state index contributed by atoms with van der Waals surface area (Å²) in [5.41, 5.74) is 0.460. The lowest BCUT2D eigenvalue weighted by molar-refractivity contribution is 0.141. The predicted octanol–water partition coefficient (Wildman–Crippen LogP) is 3.67. The van der Waals surface area contributed by atoms with Crippen LogP contribution in [-0.4, -0.2) is 20.9 Å². The lowest BCUT2D eigenvalue weighted by Crippen LogP contribution is -2.00. The van der Waals surface area contributed by atoms with E-state index < -0.39 is 5.76 Å². The highest BCUT2D eigenvalue weighted by Crippen LogP contribution is 2.32. The standard InChI is InChI=1S/C11H9ClF2N2O2S/c12-8-2-1-3-9(19-11(13)14)7(8)6-18-10-4-5-16(17)15-10/h1-5,11,17H,6H2. The molecule has 19 heavy (non-hydrogen) atoms. The number of aromatic nitrogens is 2. The Morgan fingerprint density at radius 2 is 2.21 bits per heavy atom. The lowest BCUT2D eigenvalue weighted by atomic mass is 10.2. The van der Waals surface area contributed by atoms with E-state index in [1.807, 2.05) is 0 Å². The molecule has 0 aliphatic heterocycles. The van der Waals surface area contributed by atoms with Gasteiger partial charge in [-0.05, 0) is 12.1 Å². The molecule has 4 nitrogen and oxygen atoms in total. The zero-order valence-corrected chi connectivity index (χ0v) is 11.0. The van der Waals surface area contributed by atoms with Crippen LogP contribution in [0.4, 0.5) is 8.78 Å². The van der Waals surface area contributed by atoms with Gasteiger partial charge >= 0.3 is 0 Å².